The number of aliphatic hydroxyl groups excluding tert-OH is 1. The minimum Gasteiger partial charge on any atom is -0.508 e. The summed E-state index contributed by atoms with van der Waals surface area (Å²) in [7, 11) is -3.72. The number of carbonyl (C=O) groups is 2. The lowest BCUT2D eigenvalue weighted by Crippen LogP contribution is -2.48. The van der Waals surface area contributed by atoms with Crippen molar-refractivity contribution in [1.29, 1.82) is 0 Å². The average Bonchev–Trinajstić information content (AvgIpc) is 3.05. The van der Waals surface area contributed by atoms with Gasteiger partial charge in [0.2, 0.25) is 10.0 Å². The molecule has 0 aliphatic carbocycles. The Hall–Kier alpha value is -4.71. The normalized spacial score (nSPS) is 13.3. The Morgan fingerprint density at radius 2 is 1.39 bits per heavy atom. The van der Waals surface area contributed by atoms with Gasteiger partial charge in [-0.1, -0.05) is 78.9 Å². The maximum Gasteiger partial charge on any atom is 0.251 e. The first-order valence-corrected chi connectivity index (χ1v) is 16.7. The smallest absolute Gasteiger partial charge is 0.251 e. The lowest BCUT2D eigenvalue weighted by molar-refractivity contribution is 0.0830. The summed E-state index contributed by atoms with van der Waals surface area (Å²) < 4.78 is 27.3. The Kier molecular flexibility index (Phi) is 11.9. The highest BCUT2D eigenvalue weighted by atomic mass is 32.2. The summed E-state index contributed by atoms with van der Waals surface area (Å²) in [5.41, 5.74) is 2.63. The molecule has 0 bridgehead atoms. The number of phenols is 1. The highest BCUT2D eigenvalue weighted by molar-refractivity contribution is 7.92. The van der Waals surface area contributed by atoms with Gasteiger partial charge in [0.25, 0.3) is 11.8 Å². The first kappa shape index (κ1) is 34.2. The van der Waals surface area contributed by atoms with Crippen LogP contribution in [0.15, 0.2) is 103 Å². The molecule has 0 spiro atoms. The molecule has 242 valence electrons. The largest absolute Gasteiger partial charge is 0.508 e. The van der Waals surface area contributed by atoms with Gasteiger partial charge < -0.3 is 26.2 Å². The zero-order valence-electron chi connectivity index (χ0n) is 25.8. The maximum atomic E-state index is 13.7. The van der Waals surface area contributed by atoms with E-state index in [2.05, 4.69) is 20.7 Å². The number of rotatable bonds is 15. The number of hydrogen-bond acceptors (Lipinski definition) is 7. The van der Waals surface area contributed by atoms with Crippen molar-refractivity contribution in [2.24, 2.45) is 0 Å². The van der Waals surface area contributed by atoms with Gasteiger partial charge in [0.15, 0.2) is 0 Å². The zero-order chi connectivity index (χ0) is 33.1. The Bertz CT molecular complexity index is 1720. The van der Waals surface area contributed by atoms with Crippen molar-refractivity contribution in [3.8, 4) is 5.75 Å². The van der Waals surface area contributed by atoms with Crippen molar-refractivity contribution >= 4 is 27.5 Å². The van der Waals surface area contributed by atoms with E-state index < -0.39 is 34.0 Å². The van der Waals surface area contributed by atoms with Crippen molar-refractivity contribution in [2.75, 3.05) is 17.0 Å². The zero-order valence-corrected chi connectivity index (χ0v) is 26.6. The van der Waals surface area contributed by atoms with Crippen molar-refractivity contribution in [2.45, 2.75) is 45.0 Å². The number of amides is 2. The van der Waals surface area contributed by atoms with Crippen LogP contribution in [-0.4, -0.2) is 54.9 Å². The number of nitrogens with one attached hydrogen (secondary N) is 4. The molecule has 0 heterocycles. The molecule has 0 aromatic heterocycles. The third-order valence-electron chi connectivity index (χ3n) is 7.50. The molecular formula is C35H40N4O6S. The van der Waals surface area contributed by atoms with Crippen molar-refractivity contribution in [3.63, 3.8) is 0 Å². The minimum atomic E-state index is -3.72. The van der Waals surface area contributed by atoms with Gasteiger partial charge in [-0.25, -0.2) is 8.42 Å². The summed E-state index contributed by atoms with van der Waals surface area (Å²) in [4.78, 5) is 27.0. The second kappa shape index (κ2) is 16.0. The molecule has 0 saturated carbocycles. The summed E-state index contributed by atoms with van der Waals surface area (Å²) in [6, 6.07) is 28.7. The van der Waals surface area contributed by atoms with Crippen molar-refractivity contribution in [3.05, 3.63) is 131 Å². The third-order valence-corrected chi connectivity index (χ3v) is 8.80. The van der Waals surface area contributed by atoms with Gasteiger partial charge in [0, 0.05) is 29.8 Å². The predicted octanol–water partition coefficient (Wildman–Crippen LogP) is 4.14. The van der Waals surface area contributed by atoms with Crippen LogP contribution in [0.1, 0.15) is 57.3 Å². The number of phenolic OH excluding ortho intramolecular Hbond substituents is 1. The highest BCUT2D eigenvalue weighted by Crippen LogP contribution is 2.20. The van der Waals surface area contributed by atoms with Gasteiger partial charge in [-0.15, -0.1) is 0 Å². The monoisotopic (exact) mass is 644 g/mol. The number of para-hydroxylation sites is 1. The van der Waals surface area contributed by atoms with E-state index in [1.165, 1.54) is 25.1 Å². The number of benzene rings is 4. The van der Waals surface area contributed by atoms with Crippen molar-refractivity contribution in [1.82, 2.24) is 16.0 Å². The average molecular weight is 645 g/mol. The fraction of sp³-hybridized carbons (Fsp3) is 0.257. The Morgan fingerprint density at radius 1 is 0.804 bits per heavy atom. The molecule has 0 radical (unpaired) electrons. The van der Waals surface area contributed by atoms with E-state index >= 15 is 0 Å². The lowest BCUT2D eigenvalue weighted by Gasteiger charge is -2.25. The van der Waals surface area contributed by atoms with Crippen LogP contribution in [-0.2, 0) is 23.0 Å². The summed E-state index contributed by atoms with van der Waals surface area (Å²) in [5, 5.41) is 30.2. The molecule has 0 saturated heterocycles. The van der Waals surface area contributed by atoms with Crippen LogP contribution in [0.3, 0.4) is 0 Å². The van der Waals surface area contributed by atoms with Crippen molar-refractivity contribution < 1.29 is 28.2 Å². The second-order valence-corrected chi connectivity index (χ2v) is 13.0. The van der Waals surface area contributed by atoms with Crippen LogP contribution in [0, 0.1) is 0 Å². The molecule has 0 fully saturated rings. The predicted molar refractivity (Wildman–Crippen MR) is 179 cm³/mol. The first-order chi connectivity index (χ1) is 22.0. The van der Waals surface area contributed by atoms with Crippen LogP contribution >= 0.6 is 0 Å². The van der Waals surface area contributed by atoms with Gasteiger partial charge in [-0.3, -0.25) is 14.3 Å². The number of hydrogen-bond donors (Lipinski definition) is 6. The number of sulfonamides is 1. The third kappa shape index (κ3) is 9.90. The van der Waals surface area contributed by atoms with Crippen LogP contribution in [0.5, 0.6) is 5.75 Å². The Balaban J connectivity index is 1.57. The molecule has 3 atom stereocenters. The molecule has 10 nitrogen and oxygen atoms in total. The molecule has 0 aliphatic rings. The van der Waals surface area contributed by atoms with Crippen LogP contribution in [0.2, 0.25) is 0 Å². The molecule has 0 aliphatic heterocycles. The fourth-order valence-electron chi connectivity index (χ4n) is 4.87. The molecule has 6 N–H and O–H groups in total. The Labute approximate surface area is 269 Å². The molecule has 46 heavy (non-hydrogen) atoms. The van der Waals surface area contributed by atoms with E-state index in [0.717, 1.165) is 11.1 Å². The second-order valence-electron chi connectivity index (χ2n) is 11.0. The van der Waals surface area contributed by atoms with Crippen LogP contribution in [0.4, 0.5) is 5.69 Å². The van der Waals surface area contributed by atoms with E-state index in [1.54, 1.807) is 24.3 Å². The van der Waals surface area contributed by atoms with Gasteiger partial charge >= 0.3 is 0 Å². The summed E-state index contributed by atoms with van der Waals surface area (Å²) in [6.45, 7) is 3.72. The molecule has 4 aromatic carbocycles. The van der Waals surface area contributed by atoms with Crippen LogP contribution in [0.25, 0.3) is 0 Å². The lowest BCUT2D eigenvalue weighted by atomic mass is 10.00. The molecule has 2 amide bonds. The molecule has 11 heteroatoms. The number of aromatic hydroxyl groups is 1. The molecule has 4 aromatic rings. The molecular weight excluding hydrogens is 604 g/mol. The van der Waals surface area contributed by atoms with E-state index in [9.17, 15) is 28.2 Å². The van der Waals surface area contributed by atoms with Gasteiger partial charge in [0.05, 0.1) is 29.6 Å². The van der Waals surface area contributed by atoms with E-state index in [1.807, 2.05) is 67.6 Å². The SMILES string of the molecule is CCS(=O)(=O)Nc1cc(C(=O)N[C@@H](Cc2ccccc2)[C@H](O)CNCc2ccccc2O)cc(C(=O)N[C@H](C)c2ccccc2)c1. The highest BCUT2D eigenvalue weighted by Gasteiger charge is 2.24. The summed E-state index contributed by atoms with van der Waals surface area (Å²) in [6.07, 6.45) is -0.734. The number of carbonyl (C=O) groups excluding carboxylic acids is 2. The first-order valence-electron chi connectivity index (χ1n) is 15.1. The molecule has 0 unspecified atom stereocenters. The topological polar surface area (TPSA) is 157 Å². The fourth-order valence-corrected chi connectivity index (χ4v) is 5.49. The standard InChI is InChI=1S/C35H40N4O6S/c1-3-46(44,45)39-30-20-28(34(42)37-24(2)26-14-8-5-9-15-26)19-29(21-30)35(43)38-31(18-25-12-6-4-7-13-25)33(41)23-36-22-27-16-10-11-17-32(27)40/h4-17,19-21,24,31,33,36,39-41H,3,18,22-23H2,1-2H3,(H,37,42)(H,38,43)/t24-,31+,33-/m1/s1. The van der Waals surface area contributed by atoms with E-state index in [-0.39, 0.29) is 40.9 Å². The van der Waals surface area contributed by atoms with Gasteiger partial charge in [-0.05, 0) is 55.7 Å². The van der Waals surface area contributed by atoms with Gasteiger partial charge in [-0.2, -0.15) is 0 Å². The van der Waals surface area contributed by atoms with Crippen LogP contribution < -0.4 is 20.7 Å². The number of anilines is 1. The number of aliphatic hydroxyl groups is 1. The molecule has 4 rings (SSSR count). The summed E-state index contributed by atoms with van der Waals surface area (Å²) >= 11 is 0. The summed E-state index contributed by atoms with van der Waals surface area (Å²) in [5.74, 6) is -1.15. The van der Waals surface area contributed by atoms with Gasteiger partial charge in [0.1, 0.15) is 5.75 Å². The van der Waals surface area contributed by atoms with E-state index in [0.29, 0.717) is 18.5 Å². The quantitative estimate of drug-likeness (QED) is 0.114. The van der Waals surface area contributed by atoms with E-state index in [4.69, 9.17) is 0 Å². The maximum absolute atomic E-state index is 13.7. The minimum absolute atomic E-state index is 0.0428. The Morgan fingerprint density at radius 3 is 2.02 bits per heavy atom.